The van der Waals surface area contributed by atoms with Crippen molar-refractivity contribution in [1.29, 1.82) is 0 Å². The van der Waals surface area contributed by atoms with Gasteiger partial charge in [-0.1, -0.05) is 12.1 Å². The van der Waals surface area contributed by atoms with Gasteiger partial charge in [-0.05, 0) is 25.1 Å². The summed E-state index contributed by atoms with van der Waals surface area (Å²) in [5, 5.41) is 0. The summed E-state index contributed by atoms with van der Waals surface area (Å²) >= 11 is 0. The highest BCUT2D eigenvalue weighted by molar-refractivity contribution is 5.60. The van der Waals surface area contributed by atoms with Gasteiger partial charge in [-0.3, -0.25) is 9.36 Å². The van der Waals surface area contributed by atoms with Crippen LogP contribution in [0.25, 0.3) is 11.4 Å². The maximum absolute atomic E-state index is 12.6. The number of nitrogens with zero attached hydrogens (tertiary/aromatic N) is 6. The van der Waals surface area contributed by atoms with Gasteiger partial charge in [-0.25, -0.2) is 15.0 Å². The topological polar surface area (TPSA) is 76.4 Å². The van der Waals surface area contributed by atoms with Crippen LogP contribution in [0.4, 0.5) is 11.6 Å². The van der Waals surface area contributed by atoms with Crippen LogP contribution in [0.3, 0.4) is 0 Å². The van der Waals surface area contributed by atoms with Crippen LogP contribution in [0.5, 0.6) is 5.75 Å². The largest absolute Gasteiger partial charge is 0.495 e. The smallest absolute Gasteiger partial charge is 0.255 e. The summed E-state index contributed by atoms with van der Waals surface area (Å²) in [4.78, 5) is 30.0. The number of piperazine rings is 1. The number of rotatable bonds is 4. The van der Waals surface area contributed by atoms with Gasteiger partial charge in [-0.2, -0.15) is 0 Å². The standard InChI is InChI=1S/C21H24N6O2/c1-15-13-26(18-6-4-5-7-19(18)29-3)10-11-27(15)21-24-17(12-20(28)25(21)2)16-8-9-22-14-23-16/h4-9,12,14-15H,10-11,13H2,1-3H3/t15-/m1/s1. The SMILES string of the molecule is COc1ccccc1N1CCN(c2nc(-c3ccncn3)cc(=O)n2C)[C@H](C)C1. The lowest BCUT2D eigenvalue weighted by atomic mass is 10.1. The minimum Gasteiger partial charge on any atom is -0.495 e. The molecule has 3 heterocycles. The van der Waals surface area contributed by atoms with Gasteiger partial charge in [0.15, 0.2) is 0 Å². The molecule has 1 fully saturated rings. The lowest BCUT2D eigenvalue weighted by Crippen LogP contribution is -2.53. The third-order valence-electron chi connectivity index (χ3n) is 5.27. The number of benzene rings is 1. The van der Waals surface area contributed by atoms with E-state index in [4.69, 9.17) is 9.72 Å². The molecular weight excluding hydrogens is 368 g/mol. The predicted molar refractivity (Wildman–Crippen MR) is 113 cm³/mol. The highest BCUT2D eigenvalue weighted by Crippen LogP contribution is 2.30. The molecule has 2 aromatic heterocycles. The Kier molecular flexibility index (Phi) is 5.16. The molecule has 0 bridgehead atoms. The summed E-state index contributed by atoms with van der Waals surface area (Å²) in [7, 11) is 3.45. The van der Waals surface area contributed by atoms with Crippen molar-refractivity contribution in [1.82, 2.24) is 19.5 Å². The van der Waals surface area contributed by atoms with Crippen LogP contribution in [0.2, 0.25) is 0 Å². The van der Waals surface area contributed by atoms with E-state index >= 15 is 0 Å². The third kappa shape index (κ3) is 3.65. The molecule has 1 aliphatic rings. The second kappa shape index (κ2) is 7.90. The molecule has 1 aliphatic heterocycles. The van der Waals surface area contributed by atoms with E-state index in [0.29, 0.717) is 17.3 Å². The number of ether oxygens (including phenoxy) is 1. The van der Waals surface area contributed by atoms with Crippen LogP contribution in [0.15, 0.2) is 53.7 Å². The van der Waals surface area contributed by atoms with Crippen LogP contribution in [-0.2, 0) is 7.05 Å². The summed E-state index contributed by atoms with van der Waals surface area (Å²) in [6.45, 7) is 4.49. The average molecular weight is 392 g/mol. The van der Waals surface area contributed by atoms with Crippen molar-refractivity contribution >= 4 is 11.6 Å². The molecule has 1 atom stereocenters. The quantitative estimate of drug-likeness (QED) is 0.672. The summed E-state index contributed by atoms with van der Waals surface area (Å²) in [5.41, 5.74) is 2.17. The van der Waals surface area contributed by atoms with Gasteiger partial charge in [-0.15, -0.1) is 0 Å². The number of aromatic nitrogens is 4. The second-order valence-corrected chi connectivity index (χ2v) is 7.09. The van der Waals surface area contributed by atoms with Gasteiger partial charge in [0.2, 0.25) is 5.95 Å². The molecule has 0 unspecified atom stereocenters. The fourth-order valence-corrected chi connectivity index (χ4v) is 3.72. The Labute approximate surface area is 169 Å². The number of para-hydroxylation sites is 2. The maximum atomic E-state index is 12.6. The summed E-state index contributed by atoms with van der Waals surface area (Å²) in [5.74, 6) is 1.52. The molecule has 0 saturated carbocycles. The van der Waals surface area contributed by atoms with E-state index in [1.807, 2.05) is 18.2 Å². The Bertz CT molecular complexity index is 1050. The van der Waals surface area contributed by atoms with Gasteiger partial charge >= 0.3 is 0 Å². The monoisotopic (exact) mass is 392 g/mol. The molecule has 8 nitrogen and oxygen atoms in total. The third-order valence-corrected chi connectivity index (χ3v) is 5.27. The van der Waals surface area contributed by atoms with Crippen molar-refractivity contribution in [2.45, 2.75) is 13.0 Å². The Hall–Kier alpha value is -3.42. The number of hydrogen-bond donors (Lipinski definition) is 0. The number of hydrogen-bond acceptors (Lipinski definition) is 7. The molecule has 0 amide bonds. The van der Waals surface area contributed by atoms with E-state index in [0.717, 1.165) is 31.1 Å². The van der Waals surface area contributed by atoms with Gasteiger partial charge in [0.05, 0.1) is 24.2 Å². The molecular formula is C21H24N6O2. The van der Waals surface area contributed by atoms with E-state index in [9.17, 15) is 4.79 Å². The number of methoxy groups -OCH3 is 1. The summed E-state index contributed by atoms with van der Waals surface area (Å²) in [6.07, 6.45) is 3.11. The zero-order valence-corrected chi connectivity index (χ0v) is 16.8. The van der Waals surface area contributed by atoms with Gasteiger partial charge in [0.1, 0.15) is 12.1 Å². The zero-order valence-electron chi connectivity index (χ0n) is 16.8. The van der Waals surface area contributed by atoms with Gasteiger partial charge < -0.3 is 14.5 Å². The Balaban J connectivity index is 1.63. The van der Waals surface area contributed by atoms with Crippen molar-refractivity contribution in [3.63, 3.8) is 0 Å². The Morgan fingerprint density at radius 1 is 1.14 bits per heavy atom. The molecule has 0 N–H and O–H groups in total. The maximum Gasteiger partial charge on any atom is 0.255 e. The van der Waals surface area contributed by atoms with Crippen LogP contribution in [-0.4, -0.2) is 52.3 Å². The molecule has 0 radical (unpaired) electrons. The lowest BCUT2D eigenvalue weighted by Gasteiger charge is -2.42. The van der Waals surface area contributed by atoms with Crippen molar-refractivity contribution < 1.29 is 4.74 Å². The minimum absolute atomic E-state index is 0.108. The number of anilines is 2. The zero-order chi connectivity index (χ0) is 20.4. The van der Waals surface area contributed by atoms with E-state index < -0.39 is 0 Å². The highest BCUT2D eigenvalue weighted by atomic mass is 16.5. The molecule has 29 heavy (non-hydrogen) atoms. The first-order chi connectivity index (χ1) is 14.1. The molecule has 1 saturated heterocycles. The molecule has 3 aromatic rings. The van der Waals surface area contributed by atoms with Crippen LogP contribution < -0.4 is 20.1 Å². The van der Waals surface area contributed by atoms with Crippen LogP contribution >= 0.6 is 0 Å². The van der Waals surface area contributed by atoms with Crippen molar-refractivity contribution in [3.8, 4) is 17.1 Å². The summed E-state index contributed by atoms with van der Waals surface area (Å²) < 4.78 is 7.12. The van der Waals surface area contributed by atoms with Crippen molar-refractivity contribution in [2.75, 3.05) is 36.5 Å². The second-order valence-electron chi connectivity index (χ2n) is 7.09. The minimum atomic E-state index is -0.108. The van der Waals surface area contributed by atoms with E-state index in [2.05, 4.69) is 32.8 Å². The molecule has 0 spiro atoms. The fourth-order valence-electron chi connectivity index (χ4n) is 3.72. The Morgan fingerprint density at radius 2 is 1.97 bits per heavy atom. The molecule has 4 rings (SSSR count). The fraction of sp³-hybridized carbons (Fsp3) is 0.333. The normalized spacial score (nSPS) is 16.7. The Morgan fingerprint density at radius 3 is 2.69 bits per heavy atom. The summed E-state index contributed by atoms with van der Waals surface area (Å²) in [6, 6.07) is 11.5. The average Bonchev–Trinajstić information content (AvgIpc) is 2.76. The molecule has 0 aliphatic carbocycles. The molecule has 150 valence electrons. The highest BCUT2D eigenvalue weighted by Gasteiger charge is 2.28. The first kappa shape index (κ1) is 18.9. The first-order valence-corrected chi connectivity index (χ1v) is 9.57. The van der Waals surface area contributed by atoms with E-state index in [1.54, 1.807) is 31.0 Å². The van der Waals surface area contributed by atoms with E-state index in [1.165, 1.54) is 12.4 Å². The van der Waals surface area contributed by atoms with Gasteiger partial charge in [0, 0.05) is 45.0 Å². The molecule has 8 heteroatoms. The van der Waals surface area contributed by atoms with Crippen LogP contribution in [0.1, 0.15) is 6.92 Å². The molecule has 1 aromatic carbocycles. The first-order valence-electron chi connectivity index (χ1n) is 9.57. The predicted octanol–water partition coefficient (Wildman–Crippen LogP) is 1.96. The van der Waals surface area contributed by atoms with Crippen molar-refractivity contribution in [2.24, 2.45) is 7.05 Å². The van der Waals surface area contributed by atoms with Gasteiger partial charge in [0.25, 0.3) is 5.56 Å². The van der Waals surface area contributed by atoms with E-state index in [-0.39, 0.29) is 11.6 Å². The lowest BCUT2D eigenvalue weighted by molar-refractivity contribution is 0.412. The van der Waals surface area contributed by atoms with Crippen molar-refractivity contribution in [3.05, 3.63) is 59.3 Å². The van der Waals surface area contributed by atoms with Crippen LogP contribution in [0, 0.1) is 0 Å².